The lowest BCUT2D eigenvalue weighted by molar-refractivity contribution is -0.123. The number of hydrogen-bond donors (Lipinski definition) is 0. The molecule has 6 rings (SSSR count). The summed E-state index contributed by atoms with van der Waals surface area (Å²) in [6, 6.07) is 28.4. The number of alkyl halides is 1. The summed E-state index contributed by atoms with van der Waals surface area (Å²) in [6.45, 7) is 2.22. The number of fused-ring (bicyclic) bond motifs is 3. The molecule has 2 atom stereocenters. The van der Waals surface area contributed by atoms with Crippen LogP contribution in [0.1, 0.15) is 22.7 Å². The Bertz CT molecular complexity index is 1660. The first-order valence-corrected chi connectivity index (χ1v) is 12.1. The molecule has 0 N–H and O–H groups in total. The quantitative estimate of drug-likeness (QED) is 0.120. The number of anilines is 1. The molecule has 0 aliphatic carbocycles. The van der Waals surface area contributed by atoms with E-state index in [-0.39, 0.29) is 18.6 Å². The number of carbonyl (C=O) groups is 1. The number of amides is 1. The van der Waals surface area contributed by atoms with Gasteiger partial charge in [-0.15, -0.1) is 11.6 Å². The van der Waals surface area contributed by atoms with Crippen LogP contribution >= 0.6 is 11.6 Å². The highest BCUT2D eigenvalue weighted by Crippen LogP contribution is 2.42. The minimum absolute atomic E-state index is 0.104. The predicted octanol–water partition coefficient (Wildman–Crippen LogP) is 6.53. The molecular weight excluding hydrogens is 474 g/mol. The van der Waals surface area contributed by atoms with Gasteiger partial charge >= 0.3 is 5.63 Å². The van der Waals surface area contributed by atoms with Crippen molar-refractivity contribution in [3.05, 3.63) is 118 Å². The van der Waals surface area contributed by atoms with Gasteiger partial charge in [0.25, 0.3) is 0 Å². The number of β-lactam (4-membered cyclic amide) rings is 1. The standard InChI is InChI=1S/C30H22ClNO4/c1-18-6-11-22(12-7-18)32-29(28(31)30(32)34)20-8-13-23(14-9-20)35-17-21-16-26(33)36-25-15-10-19-4-2-3-5-24(19)27(21)25/h2-16,28-29H,17H2,1H3. The van der Waals surface area contributed by atoms with E-state index in [1.807, 2.05) is 91.9 Å². The summed E-state index contributed by atoms with van der Waals surface area (Å²) in [5.41, 5.74) is 3.77. The zero-order valence-electron chi connectivity index (χ0n) is 19.5. The third kappa shape index (κ3) is 3.82. The number of aryl methyl sites for hydroxylation is 1. The molecule has 5 nitrogen and oxygen atoms in total. The molecule has 2 unspecified atom stereocenters. The second-order valence-electron chi connectivity index (χ2n) is 9.00. The molecule has 178 valence electrons. The van der Waals surface area contributed by atoms with Gasteiger partial charge < -0.3 is 14.1 Å². The highest BCUT2D eigenvalue weighted by atomic mass is 35.5. The van der Waals surface area contributed by atoms with E-state index in [2.05, 4.69) is 0 Å². The Morgan fingerprint density at radius 3 is 2.44 bits per heavy atom. The summed E-state index contributed by atoms with van der Waals surface area (Å²) in [7, 11) is 0. The first kappa shape index (κ1) is 22.4. The summed E-state index contributed by atoms with van der Waals surface area (Å²) in [6.07, 6.45) is 0. The molecule has 4 aromatic carbocycles. The van der Waals surface area contributed by atoms with Crippen LogP contribution in [-0.2, 0) is 11.4 Å². The topological polar surface area (TPSA) is 59.8 Å². The second kappa shape index (κ2) is 8.85. The number of benzene rings is 4. The number of carbonyl (C=O) groups excluding carboxylic acids is 1. The van der Waals surface area contributed by atoms with Crippen molar-refractivity contribution in [2.75, 3.05) is 4.90 Å². The molecule has 1 amide bonds. The first-order chi connectivity index (χ1) is 17.5. The van der Waals surface area contributed by atoms with Crippen LogP contribution in [0.4, 0.5) is 5.69 Å². The first-order valence-electron chi connectivity index (χ1n) is 11.7. The van der Waals surface area contributed by atoms with Crippen LogP contribution in [0.3, 0.4) is 0 Å². The van der Waals surface area contributed by atoms with Crippen LogP contribution in [0.25, 0.3) is 21.7 Å². The van der Waals surface area contributed by atoms with Gasteiger partial charge in [-0.1, -0.05) is 60.2 Å². The number of hydrogen-bond acceptors (Lipinski definition) is 4. The van der Waals surface area contributed by atoms with Crippen molar-refractivity contribution in [2.45, 2.75) is 24.9 Å². The minimum Gasteiger partial charge on any atom is -0.489 e. The van der Waals surface area contributed by atoms with Gasteiger partial charge in [0.05, 0.1) is 6.04 Å². The summed E-state index contributed by atoms with van der Waals surface area (Å²) in [4.78, 5) is 26.4. The third-order valence-electron chi connectivity index (χ3n) is 6.67. The molecule has 0 saturated carbocycles. The minimum atomic E-state index is -0.610. The fourth-order valence-corrected chi connectivity index (χ4v) is 5.18. The Hall–Kier alpha value is -4.09. The number of ether oxygens (including phenoxy) is 1. The molecule has 0 bridgehead atoms. The van der Waals surface area contributed by atoms with Crippen LogP contribution < -0.4 is 15.3 Å². The molecule has 6 heteroatoms. The van der Waals surface area contributed by atoms with Gasteiger partial charge in [-0.05, 0) is 53.6 Å². The summed E-state index contributed by atoms with van der Waals surface area (Å²) in [5, 5.41) is 2.33. The van der Waals surface area contributed by atoms with Crippen molar-refractivity contribution >= 4 is 44.9 Å². The number of rotatable bonds is 5. The Labute approximate surface area is 212 Å². The molecule has 5 aromatic rings. The average molecular weight is 496 g/mol. The molecule has 1 saturated heterocycles. The number of halogens is 1. The van der Waals surface area contributed by atoms with Crippen molar-refractivity contribution in [3.63, 3.8) is 0 Å². The van der Waals surface area contributed by atoms with Gasteiger partial charge in [-0.25, -0.2) is 4.79 Å². The van der Waals surface area contributed by atoms with Crippen LogP contribution in [0.5, 0.6) is 5.75 Å². The SMILES string of the molecule is Cc1ccc(N2C(=O)C(Cl)C2c2ccc(OCc3cc(=O)oc4ccc5ccccc5c34)cc2)cc1. The van der Waals surface area contributed by atoms with Gasteiger partial charge in [0.1, 0.15) is 23.3 Å². The van der Waals surface area contributed by atoms with Crippen LogP contribution in [0, 0.1) is 6.92 Å². The predicted molar refractivity (Wildman–Crippen MR) is 142 cm³/mol. The summed E-state index contributed by atoms with van der Waals surface area (Å²) >= 11 is 6.41. The third-order valence-corrected chi connectivity index (χ3v) is 7.10. The van der Waals surface area contributed by atoms with E-state index in [1.54, 1.807) is 4.90 Å². The van der Waals surface area contributed by atoms with Crippen molar-refractivity contribution < 1.29 is 13.9 Å². The van der Waals surface area contributed by atoms with Gasteiger partial charge in [0.15, 0.2) is 0 Å². The Morgan fingerprint density at radius 2 is 1.67 bits per heavy atom. The Morgan fingerprint density at radius 1 is 0.917 bits per heavy atom. The smallest absolute Gasteiger partial charge is 0.336 e. The fraction of sp³-hybridized carbons (Fsp3) is 0.133. The van der Waals surface area contributed by atoms with E-state index in [4.69, 9.17) is 20.8 Å². The second-order valence-corrected chi connectivity index (χ2v) is 9.47. The van der Waals surface area contributed by atoms with Crippen LogP contribution in [-0.4, -0.2) is 11.3 Å². The summed E-state index contributed by atoms with van der Waals surface area (Å²) < 4.78 is 11.5. The van der Waals surface area contributed by atoms with Gasteiger partial charge in [-0.3, -0.25) is 4.79 Å². The number of nitrogens with zero attached hydrogens (tertiary/aromatic N) is 1. The monoisotopic (exact) mass is 495 g/mol. The molecule has 36 heavy (non-hydrogen) atoms. The van der Waals surface area contributed by atoms with E-state index >= 15 is 0 Å². The highest BCUT2D eigenvalue weighted by molar-refractivity contribution is 6.37. The zero-order valence-corrected chi connectivity index (χ0v) is 20.2. The molecule has 0 spiro atoms. The molecule has 1 fully saturated rings. The Kier molecular flexibility index (Phi) is 5.50. The highest BCUT2D eigenvalue weighted by Gasteiger charge is 2.47. The van der Waals surface area contributed by atoms with Crippen molar-refractivity contribution in [1.29, 1.82) is 0 Å². The molecular formula is C30H22ClNO4. The van der Waals surface area contributed by atoms with Crippen molar-refractivity contribution in [3.8, 4) is 5.75 Å². The molecule has 0 radical (unpaired) electrons. The van der Waals surface area contributed by atoms with E-state index in [0.29, 0.717) is 11.3 Å². The van der Waals surface area contributed by atoms with Crippen molar-refractivity contribution in [2.24, 2.45) is 0 Å². The maximum absolute atomic E-state index is 12.5. The molecule has 1 aromatic heterocycles. The van der Waals surface area contributed by atoms with E-state index in [1.165, 1.54) is 6.07 Å². The summed E-state index contributed by atoms with van der Waals surface area (Å²) in [5.74, 6) is 0.548. The van der Waals surface area contributed by atoms with Crippen LogP contribution in [0.15, 0.2) is 100 Å². The molecule has 2 heterocycles. The largest absolute Gasteiger partial charge is 0.489 e. The molecule has 1 aliphatic heterocycles. The lowest BCUT2D eigenvalue weighted by Gasteiger charge is -2.44. The fourth-order valence-electron chi connectivity index (χ4n) is 4.82. The van der Waals surface area contributed by atoms with E-state index < -0.39 is 11.0 Å². The normalized spacial score (nSPS) is 17.4. The molecule has 1 aliphatic rings. The van der Waals surface area contributed by atoms with Crippen LogP contribution in [0.2, 0.25) is 0 Å². The zero-order chi connectivity index (χ0) is 24.8. The lowest BCUT2D eigenvalue weighted by Crippen LogP contribution is -2.56. The maximum atomic E-state index is 12.5. The maximum Gasteiger partial charge on any atom is 0.336 e. The van der Waals surface area contributed by atoms with E-state index in [0.717, 1.165) is 38.5 Å². The van der Waals surface area contributed by atoms with Gasteiger partial charge in [-0.2, -0.15) is 0 Å². The van der Waals surface area contributed by atoms with E-state index in [9.17, 15) is 9.59 Å². The van der Waals surface area contributed by atoms with Gasteiger partial charge in [0, 0.05) is 22.7 Å². The lowest BCUT2D eigenvalue weighted by atomic mass is 9.92. The Balaban J connectivity index is 1.25. The average Bonchev–Trinajstić information content (AvgIpc) is 2.90. The van der Waals surface area contributed by atoms with Crippen molar-refractivity contribution in [1.82, 2.24) is 0 Å². The van der Waals surface area contributed by atoms with Gasteiger partial charge in [0.2, 0.25) is 5.91 Å².